The molecule has 41 heavy (non-hydrogen) atoms. The number of hydrogen-bond donors (Lipinski definition) is 1. The molecule has 218 valence electrons. The van der Waals surface area contributed by atoms with E-state index >= 15 is 0 Å². The number of nitrogens with zero attached hydrogens (tertiary/aromatic N) is 3. The van der Waals surface area contributed by atoms with Gasteiger partial charge in [0.05, 0.1) is 12.8 Å². The second-order valence-electron chi connectivity index (χ2n) is 11.2. The van der Waals surface area contributed by atoms with Crippen molar-refractivity contribution in [1.29, 1.82) is 0 Å². The number of likely N-dealkylation sites (N-methyl/N-ethyl adjacent to an activating group) is 1. The second kappa shape index (κ2) is 14.4. The quantitative estimate of drug-likeness (QED) is 0.295. The molecule has 0 aromatic heterocycles. The number of nitrogens with two attached hydrogens (primary N) is 1. The summed E-state index contributed by atoms with van der Waals surface area (Å²) < 4.78 is 5.62. The number of ether oxygens (including phenoxy) is 1. The maximum absolute atomic E-state index is 13.2. The van der Waals surface area contributed by atoms with Crippen LogP contribution in [-0.2, 0) is 17.8 Å². The molecule has 0 spiro atoms. The molecule has 0 saturated heterocycles. The van der Waals surface area contributed by atoms with E-state index in [9.17, 15) is 4.79 Å². The van der Waals surface area contributed by atoms with Crippen molar-refractivity contribution in [2.24, 2.45) is 16.6 Å². The van der Waals surface area contributed by atoms with Crippen LogP contribution in [0.25, 0.3) is 11.1 Å². The Bertz CT molecular complexity index is 1320. The van der Waals surface area contributed by atoms with Gasteiger partial charge < -0.3 is 20.3 Å². The molecule has 6 nitrogen and oxygen atoms in total. The SMILES string of the molecule is COc1ccccc1-c1ccc2c(c1)CN([C@@H](CCC(=O)N(C)CCc1ccccc1)C1CCCCC1)C(N)=N2.S. The number of hydrogen-bond acceptors (Lipinski definition) is 5. The maximum Gasteiger partial charge on any atom is 0.222 e. The number of benzene rings is 3. The van der Waals surface area contributed by atoms with Gasteiger partial charge in [-0.25, -0.2) is 4.99 Å². The van der Waals surface area contributed by atoms with Crippen molar-refractivity contribution in [3.8, 4) is 16.9 Å². The number of carbonyl (C=O) groups excluding carboxylic acids is 1. The molecule has 7 heteroatoms. The number of aliphatic imine (C=N–C) groups is 1. The highest BCUT2D eigenvalue weighted by atomic mass is 32.1. The molecular formula is C34H44N4O2S. The smallest absolute Gasteiger partial charge is 0.222 e. The van der Waals surface area contributed by atoms with Crippen molar-refractivity contribution in [1.82, 2.24) is 9.80 Å². The van der Waals surface area contributed by atoms with Crippen LogP contribution in [0.4, 0.5) is 5.69 Å². The molecule has 0 bridgehead atoms. The van der Waals surface area contributed by atoms with Gasteiger partial charge in [-0.2, -0.15) is 13.5 Å². The van der Waals surface area contributed by atoms with E-state index in [0.717, 1.165) is 47.5 Å². The molecular weight excluding hydrogens is 528 g/mol. The number of methoxy groups -OCH3 is 1. The molecule has 1 saturated carbocycles. The third kappa shape index (κ3) is 7.45. The highest BCUT2D eigenvalue weighted by Gasteiger charge is 2.33. The number of guanidine groups is 1. The molecule has 2 aliphatic rings. The fourth-order valence-corrected chi connectivity index (χ4v) is 6.30. The Morgan fingerprint density at radius 1 is 1.05 bits per heavy atom. The highest BCUT2D eigenvalue weighted by Crippen LogP contribution is 2.38. The first-order chi connectivity index (χ1) is 19.5. The van der Waals surface area contributed by atoms with E-state index in [1.54, 1.807) is 7.11 Å². The van der Waals surface area contributed by atoms with Gasteiger partial charge in [-0.3, -0.25) is 4.79 Å². The highest BCUT2D eigenvalue weighted by molar-refractivity contribution is 7.59. The summed E-state index contributed by atoms with van der Waals surface area (Å²) in [4.78, 5) is 22.2. The number of rotatable bonds is 10. The van der Waals surface area contributed by atoms with Crippen LogP contribution < -0.4 is 10.5 Å². The molecule has 0 unspecified atom stereocenters. The zero-order valence-electron chi connectivity index (χ0n) is 24.4. The van der Waals surface area contributed by atoms with Gasteiger partial charge in [0.2, 0.25) is 5.91 Å². The van der Waals surface area contributed by atoms with Crippen LogP contribution in [0, 0.1) is 5.92 Å². The Morgan fingerprint density at radius 2 is 1.78 bits per heavy atom. The lowest BCUT2D eigenvalue weighted by molar-refractivity contribution is -0.130. The summed E-state index contributed by atoms with van der Waals surface area (Å²) in [6.07, 6.45) is 8.31. The largest absolute Gasteiger partial charge is 0.496 e. The van der Waals surface area contributed by atoms with E-state index in [2.05, 4.69) is 41.3 Å². The molecule has 1 atom stereocenters. The minimum absolute atomic E-state index is 0. The standard InChI is InChI=1S/C34H42N4O2.H2S/c1-37(22-21-25-11-5-3-6-12-25)33(39)20-19-31(26-13-7-4-8-14-26)38-24-28-23-27(17-18-30(28)36-34(38)35)29-15-9-10-16-32(29)40-2;/h3,5-6,9-12,15-18,23,26,31H,4,7-8,13-14,19-22,24H2,1-2H3,(H2,35,36);1H2/t31-;/m0./s1. The Labute approximate surface area is 252 Å². The fourth-order valence-electron chi connectivity index (χ4n) is 6.30. The molecule has 2 N–H and O–H groups in total. The van der Waals surface area contributed by atoms with Crippen molar-refractivity contribution in [3.63, 3.8) is 0 Å². The summed E-state index contributed by atoms with van der Waals surface area (Å²) in [6.45, 7) is 1.43. The third-order valence-corrected chi connectivity index (χ3v) is 8.62. The maximum atomic E-state index is 13.2. The van der Waals surface area contributed by atoms with Crippen LogP contribution in [0.2, 0.25) is 0 Å². The van der Waals surface area contributed by atoms with Gasteiger partial charge in [-0.1, -0.05) is 73.9 Å². The average Bonchev–Trinajstić information content (AvgIpc) is 3.00. The van der Waals surface area contributed by atoms with E-state index < -0.39 is 0 Å². The molecule has 1 aliphatic heterocycles. The molecule has 1 amide bonds. The van der Waals surface area contributed by atoms with Gasteiger partial charge in [-0.15, -0.1) is 0 Å². The van der Waals surface area contributed by atoms with Crippen molar-refractivity contribution < 1.29 is 9.53 Å². The zero-order valence-corrected chi connectivity index (χ0v) is 25.4. The molecule has 0 radical (unpaired) electrons. The van der Waals surface area contributed by atoms with Crippen molar-refractivity contribution in [2.45, 2.75) is 64.0 Å². The van der Waals surface area contributed by atoms with Gasteiger partial charge in [0, 0.05) is 38.2 Å². The van der Waals surface area contributed by atoms with Gasteiger partial charge in [-0.05, 0) is 66.5 Å². The molecule has 1 heterocycles. The lowest BCUT2D eigenvalue weighted by Gasteiger charge is -2.41. The fraction of sp³-hybridized carbons (Fsp3) is 0.412. The van der Waals surface area contributed by atoms with Gasteiger partial charge in [0.25, 0.3) is 0 Å². The molecule has 3 aromatic rings. The minimum atomic E-state index is 0. The van der Waals surface area contributed by atoms with E-state index in [1.807, 2.05) is 48.3 Å². The molecule has 1 aliphatic carbocycles. The van der Waals surface area contributed by atoms with Crippen LogP contribution in [0.5, 0.6) is 5.75 Å². The first-order valence-electron chi connectivity index (χ1n) is 14.7. The number of amides is 1. The second-order valence-corrected chi connectivity index (χ2v) is 11.2. The van der Waals surface area contributed by atoms with Crippen LogP contribution in [0.1, 0.15) is 56.1 Å². The first kappa shape index (κ1) is 30.5. The predicted molar refractivity (Wildman–Crippen MR) is 173 cm³/mol. The topological polar surface area (TPSA) is 71.2 Å². The van der Waals surface area contributed by atoms with Gasteiger partial charge in [0.15, 0.2) is 5.96 Å². The first-order valence-corrected chi connectivity index (χ1v) is 14.7. The summed E-state index contributed by atoms with van der Waals surface area (Å²) >= 11 is 0. The number of para-hydroxylation sites is 1. The number of fused-ring (bicyclic) bond motifs is 1. The van der Waals surface area contributed by atoms with E-state index in [0.29, 0.717) is 24.8 Å². The van der Waals surface area contributed by atoms with Crippen molar-refractivity contribution in [2.75, 3.05) is 20.7 Å². The lowest BCUT2D eigenvalue weighted by Crippen LogP contribution is -2.49. The van der Waals surface area contributed by atoms with Crippen molar-refractivity contribution in [3.05, 3.63) is 83.9 Å². The predicted octanol–water partition coefficient (Wildman–Crippen LogP) is 6.67. The average molecular weight is 573 g/mol. The van der Waals surface area contributed by atoms with E-state index in [-0.39, 0.29) is 25.4 Å². The zero-order chi connectivity index (χ0) is 27.9. The summed E-state index contributed by atoms with van der Waals surface area (Å²) in [5, 5.41) is 0. The van der Waals surface area contributed by atoms with E-state index in [1.165, 1.54) is 37.7 Å². The minimum Gasteiger partial charge on any atom is -0.496 e. The summed E-state index contributed by atoms with van der Waals surface area (Å²) in [5.74, 6) is 2.14. The van der Waals surface area contributed by atoms with Crippen molar-refractivity contribution >= 4 is 31.0 Å². The Morgan fingerprint density at radius 3 is 2.54 bits per heavy atom. The van der Waals surface area contributed by atoms with Gasteiger partial charge >= 0.3 is 0 Å². The molecule has 5 rings (SSSR count). The van der Waals surface area contributed by atoms with Crippen LogP contribution in [0.15, 0.2) is 77.8 Å². The lowest BCUT2D eigenvalue weighted by atomic mass is 9.81. The molecule has 3 aromatic carbocycles. The summed E-state index contributed by atoms with van der Waals surface area (Å²) in [6, 6.07) is 25.0. The number of carbonyl (C=O) groups is 1. The van der Waals surface area contributed by atoms with Crippen LogP contribution in [-0.4, -0.2) is 48.4 Å². The van der Waals surface area contributed by atoms with Crippen LogP contribution in [0.3, 0.4) is 0 Å². The van der Waals surface area contributed by atoms with Gasteiger partial charge in [0.1, 0.15) is 5.75 Å². The molecule has 1 fully saturated rings. The summed E-state index contributed by atoms with van der Waals surface area (Å²) in [5.41, 5.74) is 12.1. The Kier molecular flexibility index (Phi) is 10.7. The Balaban J connectivity index is 0.00000387. The normalized spacial score (nSPS) is 15.8. The van der Waals surface area contributed by atoms with E-state index in [4.69, 9.17) is 15.5 Å². The third-order valence-electron chi connectivity index (χ3n) is 8.62. The monoisotopic (exact) mass is 572 g/mol. The Hall–Kier alpha value is -3.45. The summed E-state index contributed by atoms with van der Waals surface area (Å²) in [7, 11) is 3.63. The van der Waals surface area contributed by atoms with Crippen LogP contribution >= 0.6 is 13.5 Å².